The second-order valence-electron chi connectivity index (χ2n) is 5.74. The zero-order valence-corrected chi connectivity index (χ0v) is 15.1. The summed E-state index contributed by atoms with van der Waals surface area (Å²) in [6, 6.07) is 6.52. The lowest BCUT2D eigenvalue weighted by molar-refractivity contribution is -0.119. The molecule has 0 fully saturated rings. The third kappa shape index (κ3) is 5.62. The molecule has 2 rings (SSSR count). The zero-order chi connectivity index (χ0) is 16.8. The second-order valence-corrected chi connectivity index (χ2v) is 7.59. The third-order valence-electron chi connectivity index (χ3n) is 3.51. The smallest absolute Gasteiger partial charge is 0.230 e. The summed E-state index contributed by atoms with van der Waals surface area (Å²) >= 11 is 3.09. The molecule has 0 saturated heterocycles. The lowest BCUT2D eigenvalue weighted by Crippen LogP contribution is -2.37. The van der Waals surface area contributed by atoms with Gasteiger partial charge in [0.05, 0.1) is 11.4 Å². The Labute approximate surface area is 144 Å². The molecule has 0 bridgehead atoms. The third-order valence-corrected chi connectivity index (χ3v) is 5.42. The predicted octanol–water partition coefficient (Wildman–Crippen LogP) is 4.34. The molecule has 1 aromatic carbocycles. The number of carbonyl (C=O) groups is 1. The van der Waals surface area contributed by atoms with Crippen LogP contribution in [0.15, 0.2) is 29.6 Å². The van der Waals surface area contributed by atoms with Crippen LogP contribution in [0.3, 0.4) is 0 Å². The highest BCUT2D eigenvalue weighted by Crippen LogP contribution is 2.25. The SMILES string of the molecule is CC(C)C(C)NC(=O)CSCc1csc(-c2ccc(F)cc2)n1. The summed E-state index contributed by atoms with van der Waals surface area (Å²) < 4.78 is 12.9. The van der Waals surface area contributed by atoms with Crippen LogP contribution in [0.4, 0.5) is 4.39 Å². The van der Waals surface area contributed by atoms with Gasteiger partial charge in [-0.1, -0.05) is 13.8 Å². The Morgan fingerprint density at radius 2 is 2.00 bits per heavy atom. The number of rotatable bonds is 7. The monoisotopic (exact) mass is 352 g/mol. The first kappa shape index (κ1) is 17.9. The lowest BCUT2D eigenvalue weighted by atomic mass is 10.1. The number of carbonyl (C=O) groups excluding carboxylic acids is 1. The van der Waals surface area contributed by atoms with Gasteiger partial charge in [-0.3, -0.25) is 4.79 Å². The maximum absolute atomic E-state index is 12.9. The van der Waals surface area contributed by atoms with Crippen molar-refractivity contribution in [3.63, 3.8) is 0 Å². The molecule has 1 amide bonds. The Bertz CT molecular complexity index is 640. The fourth-order valence-corrected chi connectivity index (χ4v) is 3.47. The number of amides is 1. The average Bonchev–Trinajstić information content (AvgIpc) is 2.96. The molecule has 0 spiro atoms. The normalized spacial score (nSPS) is 12.4. The number of thiazole rings is 1. The number of hydrogen-bond donors (Lipinski definition) is 1. The second kappa shape index (κ2) is 8.45. The minimum Gasteiger partial charge on any atom is -0.353 e. The van der Waals surface area contributed by atoms with Gasteiger partial charge in [0.2, 0.25) is 5.91 Å². The number of halogens is 1. The van der Waals surface area contributed by atoms with Crippen molar-refractivity contribution in [1.29, 1.82) is 0 Å². The molecule has 0 aliphatic heterocycles. The topological polar surface area (TPSA) is 42.0 Å². The Kier molecular flexibility index (Phi) is 6.59. The molecule has 1 atom stereocenters. The predicted molar refractivity (Wildman–Crippen MR) is 96.1 cm³/mol. The summed E-state index contributed by atoms with van der Waals surface area (Å²) in [6.45, 7) is 6.19. The van der Waals surface area contributed by atoms with E-state index in [0.717, 1.165) is 16.3 Å². The van der Waals surface area contributed by atoms with E-state index in [4.69, 9.17) is 0 Å². The van der Waals surface area contributed by atoms with Crippen molar-refractivity contribution >= 4 is 29.0 Å². The molecule has 23 heavy (non-hydrogen) atoms. The molecule has 3 nitrogen and oxygen atoms in total. The lowest BCUT2D eigenvalue weighted by Gasteiger charge is -2.17. The van der Waals surface area contributed by atoms with Gasteiger partial charge < -0.3 is 5.32 Å². The van der Waals surface area contributed by atoms with Crippen molar-refractivity contribution in [2.75, 3.05) is 5.75 Å². The molecule has 0 aliphatic carbocycles. The van der Waals surface area contributed by atoms with Crippen molar-refractivity contribution in [3.8, 4) is 10.6 Å². The van der Waals surface area contributed by atoms with Crippen LogP contribution in [0.5, 0.6) is 0 Å². The van der Waals surface area contributed by atoms with Crippen LogP contribution >= 0.6 is 23.1 Å². The highest BCUT2D eigenvalue weighted by atomic mass is 32.2. The van der Waals surface area contributed by atoms with E-state index in [2.05, 4.69) is 24.1 Å². The van der Waals surface area contributed by atoms with E-state index >= 15 is 0 Å². The maximum Gasteiger partial charge on any atom is 0.230 e. The Balaban J connectivity index is 1.81. The van der Waals surface area contributed by atoms with E-state index in [-0.39, 0.29) is 17.8 Å². The highest BCUT2D eigenvalue weighted by Gasteiger charge is 2.11. The summed E-state index contributed by atoms with van der Waals surface area (Å²) in [5.41, 5.74) is 1.86. The summed E-state index contributed by atoms with van der Waals surface area (Å²) in [4.78, 5) is 16.4. The molecule has 1 unspecified atom stereocenters. The van der Waals surface area contributed by atoms with Crippen LogP contribution in [0.25, 0.3) is 10.6 Å². The van der Waals surface area contributed by atoms with Crippen LogP contribution in [-0.4, -0.2) is 22.7 Å². The minimum atomic E-state index is -0.247. The molecule has 1 N–H and O–H groups in total. The Hall–Kier alpha value is -1.40. The first-order chi connectivity index (χ1) is 11.0. The minimum absolute atomic E-state index is 0.0604. The van der Waals surface area contributed by atoms with E-state index in [9.17, 15) is 9.18 Å². The first-order valence-corrected chi connectivity index (χ1v) is 9.56. The van der Waals surface area contributed by atoms with E-state index in [1.807, 2.05) is 12.3 Å². The Morgan fingerprint density at radius 1 is 1.30 bits per heavy atom. The molecule has 6 heteroatoms. The van der Waals surface area contributed by atoms with Crippen LogP contribution in [0.1, 0.15) is 26.5 Å². The van der Waals surface area contributed by atoms with Gasteiger partial charge in [-0.05, 0) is 37.1 Å². The number of aromatic nitrogens is 1. The fourth-order valence-electron chi connectivity index (χ4n) is 1.81. The molecule has 124 valence electrons. The molecular formula is C17H21FN2OS2. The van der Waals surface area contributed by atoms with Crippen molar-refractivity contribution in [2.45, 2.75) is 32.6 Å². The van der Waals surface area contributed by atoms with Crippen LogP contribution in [0, 0.1) is 11.7 Å². The summed E-state index contributed by atoms with van der Waals surface area (Å²) in [5.74, 6) is 1.37. The molecule has 0 aliphatic rings. The number of hydrogen-bond acceptors (Lipinski definition) is 4. The fraction of sp³-hybridized carbons (Fsp3) is 0.412. The van der Waals surface area contributed by atoms with Crippen molar-refractivity contribution in [3.05, 3.63) is 41.2 Å². The van der Waals surface area contributed by atoms with E-state index in [1.165, 1.54) is 23.5 Å². The molecule has 0 saturated carbocycles. The van der Waals surface area contributed by atoms with Gasteiger partial charge in [0, 0.05) is 22.7 Å². The molecular weight excluding hydrogens is 331 g/mol. The standard InChI is InChI=1S/C17H21FN2OS2/c1-11(2)12(3)19-16(21)10-22-8-15-9-23-17(20-15)13-4-6-14(18)7-5-13/h4-7,9,11-12H,8,10H2,1-3H3,(H,19,21). The van der Waals surface area contributed by atoms with Gasteiger partial charge in [0.1, 0.15) is 10.8 Å². The highest BCUT2D eigenvalue weighted by molar-refractivity contribution is 7.99. The van der Waals surface area contributed by atoms with Gasteiger partial charge in [0.25, 0.3) is 0 Å². The van der Waals surface area contributed by atoms with E-state index in [0.29, 0.717) is 17.4 Å². The van der Waals surface area contributed by atoms with Gasteiger partial charge in [-0.2, -0.15) is 0 Å². The maximum atomic E-state index is 12.9. The van der Waals surface area contributed by atoms with Crippen LogP contribution in [0.2, 0.25) is 0 Å². The number of nitrogens with one attached hydrogen (secondary N) is 1. The van der Waals surface area contributed by atoms with Crippen LogP contribution < -0.4 is 5.32 Å². The first-order valence-electron chi connectivity index (χ1n) is 7.53. The van der Waals surface area contributed by atoms with Gasteiger partial charge in [-0.15, -0.1) is 23.1 Å². The number of benzene rings is 1. The van der Waals surface area contributed by atoms with Crippen LogP contribution in [-0.2, 0) is 10.5 Å². The van der Waals surface area contributed by atoms with Gasteiger partial charge in [0.15, 0.2) is 0 Å². The van der Waals surface area contributed by atoms with Crippen molar-refractivity contribution in [2.24, 2.45) is 5.92 Å². The summed E-state index contributed by atoms with van der Waals surface area (Å²) in [6.07, 6.45) is 0. The number of nitrogens with zero attached hydrogens (tertiary/aromatic N) is 1. The summed E-state index contributed by atoms with van der Waals surface area (Å²) in [5, 5.41) is 5.85. The van der Waals surface area contributed by atoms with Crippen molar-refractivity contribution < 1.29 is 9.18 Å². The van der Waals surface area contributed by atoms with Gasteiger partial charge in [-0.25, -0.2) is 9.37 Å². The van der Waals surface area contributed by atoms with Gasteiger partial charge >= 0.3 is 0 Å². The molecule has 1 heterocycles. The van der Waals surface area contributed by atoms with E-state index < -0.39 is 0 Å². The largest absolute Gasteiger partial charge is 0.353 e. The molecule has 1 aromatic heterocycles. The zero-order valence-electron chi connectivity index (χ0n) is 13.5. The average molecular weight is 352 g/mol. The number of thioether (sulfide) groups is 1. The van der Waals surface area contributed by atoms with E-state index in [1.54, 1.807) is 23.9 Å². The Morgan fingerprint density at radius 3 is 2.65 bits per heavy atom. The molecule has 0 radical (unpaired) electrons. The molecule has 2 aromatic rings. The summed E-state index contributed by atoms with van der Waals surface area (Å²) in [7, 11) is 0. The quantitative estimate of drug-likeness (QED) is 0.806. The van der Waals surface area contributed by atoms with Crippen molar-refractivity contribution in [1.82, 2.24) is 10.3 Å².